The Kier molecular flexibility index (Phi) is 8.26. The number of hydrogen-bond acceptors (Lipinski definition) is 4. The quantitative estimate of drug-likeness (QED) is 0.334. The number of nitrogens with zero attached hydrogens (tertiary/aromatic N) is 1. The number of unbranched alkanes of at least 4 members (excludes halogenated alkanes) is 5. The van der Waals surface area contributed by atoms with Gasteiger partial charge in [0.15, 0.2) is 6.29 Å². The van der Waals surface area contributed by atoms with Crippen molar-refractivity contribution in [3.05, 3.63) is 51.6 Å². The first-order valence-corrected chi connectivity index (χ1v) is 9.71. The maximum absolute atomic E-state index is 11.5. The lowest BCUT2D eigenvalue weighted by Gasteiger charge is -2.30. The van der Waals surface area contributed by atoms with E-state index >= 15 is 0 Å². The van der Waals surface area contributed by atoms with E-state index in [1.807, 2.05) is 12.1 Å². The van der Waals surface area contributed by atoms with Crippen molar-refractivity contribution in [2.45, 2.75) is 70.6 Å². The van der Waals surface area contributed by atoms with Gasteiger partial charge in [-0.3, -0.25) is 10.1 Å². The Morgan fingerprint density at radius 2 is 1.73 bits per heavy atom. The van der Waals surface area contributed by atoms with Gasteiger partial charge in [0, 0.05) is 4.92 Å². The van der Waals surface area contributed by atoms with Crippen LogP contribution in [0.25, 0.3) is 6.08 Å². The molecule has 1 heterocycles. The van der Waals surface area contributed by atoms with Gasteiger partial charge in [-0.25, -0.2) is 0 Å². The topological polar surface area (TPSA) is 61.6 Å². The van der Waals surface area contributed by atoms with Crippen LogP contribution in [0, 0.1) is 10.1 Å². The molecule has 1 aliphatic rings. The number of nitro groups is 1. The lowest BCUT2D eigenvalue weighted by atomic mass is 9.99. The van der Waals surface area contributed by atoms with E-state index in [0.29, 0.717) is 0 Å². The van der Waals surface area contributed by atoms with Gasteiger partial charge in [-0.05, 0) is 37.0 Å². The SMILES string of the molecule is CCCCCCCCc1ccc(/C=C/C2([N+](=O)[O-])COC(C)OC2)cc1. The summed E-state index contributed by atoms with van der Waals surface area (Å²) in [6, 6.07) is 8.26. The third kappa shape index (κ3) is 6.22. The summed E-state index contributed by atoms with van der Waals surface area (Å²) in [6.45, 7) is 4.05. The lowest BCUT2D eigenvalue weighted by molar-refractivity contribution is -0.575. The highest BCUT2D eigenvalue weighted by atomic mass is 16.7. The van der Waals surface area contributed by atoms with Crippen molar-refractivity contribution in [2.75, 3.05) is 13.2 Å². The normalized spacial score (nSPS) is 23.4. The van der Waals surface area contributed by atoms with Crippen LogP contribution in [0.3, 0.4) is 0 Å². The molecule has 1 fully saturated rings. The molecular formula is C21H31NO4. The fraction of sp³-hybridized carbons (Fsp3) is 0.619. The molecule has 1 aromatic rings. The molecule has 0 aromatic heterocycles. The molecule has 1 aromatic carbocycles. The third-order valence-electron chi connectivity index (χ3n) is 4.88. The third-order valence-corrected chi connectivity index (χ3v) is 4.88. The maximum atomic E-state index is 11.5. The highest BCUT2D eigenvalue weighted by molar-refractivity contribution is 5.51. The second-order valence-corrected chi connectivity index (χ2v) is 7.14. The molecular weight excluding hydrogens is 330 g/mol. The molecule has 0 radical (unpaired) electrons. The summed E-state index contributed by atoms with van der Waals surface area (Å²) in [6.07, 6.45) is 11.9. The van der Waals surface area contributed by atoms with E-state index in [9.17, 15) is 10.1 Å². The van der Waals surface area contributed by atoms with E-state index < -0.39 is 11.8 Å². The van der Waals surface area contributed by atoms with Gasteiger partial charge >= 0.3 is 0 Å². The summed E-state index contributed by atoms with van der Waals surface area (Å²) in [5.41, 5.74) is 0.972. The fourth-order valence-electron chi connectivity index (χ4n) is 3.03. The van der Waals surface area contributed by atoms with Crippen LogP contribution in [-0.2, 0) is 15.9 Å². The smallest absolute Gasteiger partial charge is 0.286 e. The van der Waals surface area contributed by atoms with Crippen LogP contribution in [0.1, 0.15) is 63.5 Å². The van der Waals surface area contributed by atoms with Gasteiger partial charge in [0.2, 0.25) is 0 Å². The second-order valence-electron chi connectivity index (χ2n) is 7.14. The molecule has 0 atom stereocenters. The van der Waals surface area contributed by atoms with Gasteiger partial charge < -0.3 is 9.47 Å². The average Bonchev–Trinajstić information content (AvgIpc) is 2.65. The Morgan fingerprint density at radius 3 is 2.35 bits per heavy atom. The molecule has 2 rings (SSSR count). The van der Waals surface area contributed by atoms with E-state index in [1.54, 1.807) is 19.1 Å². The summed E-state index contributed by atoms with van der Waals surface area (Å²) < 4.78 is 10.7. The molecule has 1 aliphatic heterocycles. The van der Waals surface area contributed by atoms with Crippen molar-refractivity contribution < 1.29 is 14.4 Å². The van der Waals surface area contributed by atoms with Crippen molar-refractivity contribution in [2.24, 2.45) is 0 Å². The van der Waals surface area contributed by atoms with Crippen molar-refractivity contribution in [1.82, 2.24) is 0 Å². The molecule has 5 heteroatoms. The van der Waals surface area contributed by atoms with Crippen LogP contribution in [0.4, 0.5) is 0 Å². The van der Waals surface area contributed by atoms with Crippen LogP contribution >= 0.6 is 0 Å². The second kappa shape index (κ2) is 10.4. The zero-order valence-electron chi connectivity index (χ0n) is 16.0. The predicted octanol–water partition coefficient (Wildman–Crippen LogP) is 5.01. The van der Waals surface area contributed by atoms with Crippen LogP contribution in [0.2, 0.25) is 0 Å². The first kappa shape index (κ1) is 20.6. The molecule has 144 valence electrons. The summed E-state index contributed by atoms with van der Waals surface area (Å²) in [4.78, 5) is 11.1. The van der Waals surface area contributed by atoms with E-state index in [2.05, 4.69) is 19.1 Å². The molecule has 0 unspecified atom stereocenters. The maximum Gasteiger partial charge on any atom is 0.286 e. The number of ether oxygens (including phenoxy) is 2. The van der Waals surface area contributed by atoms with Gasteiger partial charge in [0.1, 0.15) is 13.2 Å². The van der Waals surface area contributed by atoms with E-state index in [1.165, 1.54) is 44.1 Å². The summed E-state index contributed by atoms with van der Waals surface area (Å²) in [7, 11) is 0. The van der Waals surface area contributed by atoms with Crippen LogP contribution in [0.15, 0.2) is 30.3 Å². The minimum atomic E-state index is -1.30. The first-order chi connectivity index (χ1) is 12.6. The molecule has 0 N–H and O–H groups in total. The molecule has 0 amide bonds. The van der Waals surface area contributed by atoms with E-state index in [0.717, 1.165) is 12.0 Å². The largest absolute Gasteiger partial charge is 0.345 e. The Bertz CT molecular complexity index is 574. The van der Waals surface area contributed by atoms with Gasteiger partial charge in [0.25, 0.3) is 5.54 Å². The molecule has 26 heavy (non-hydrogen) atoms. The highest BCUT2D eigenvalue weighted by Gasteiger charge is 2.45. The van der Waals surface area contributed by atoms with Gasteiger partial charge in [-0.2, -0.15) is 0 Å². The summed E-state index contributed by atoms with van der Waals surface area (Å²) in [5.74, 6) is 0. The minimum absolute atomic E-state index is 0.0355. The molecule has 0 aliphatic carbocycles. The standard InChI is InChI=1S/C21H31NO4/c1-3-4-5-6-7-8-9-19-10-12-20(13-11-19)14-15-21(22(23)24)16-25-18(2)26-17-21/h10-15,18H,3-9,16-17H2,1-2H3/b15-14+. The number of benzene rings is 1. The number of rotatable bonds is 10. The zero-order valence-corrected chi connectivity index (χ0v) is 16.0. The van der Waals surface area contributed by atoms with Crippen LogP contribution in [0.5, 0.6) is 0 Å². The predicted molar refractivity (Wildman–Crippen MR) is 104 cm³/mol. The number of hydrogen-bond donors (Lipinski definition) is 0. The minimum Gasteiger partial charge on any atom is -0.345 e. The number of aryl methyl sites for hydroxylation is 1. The zero-order chi connectivity index (χ0) is 18.8. The molecule has 0 saturated carbocycles. The summed E-state index contributed by atoms with van der Waals surface area (Å²) in [5, 5.41) is 11.5. The lowest BCUT2D eigenvalue weighted by Crippen LogP contribution is -2.51. The molecule has 1 saturated heterocycles. The molecule has 5 nitrogen and oxygen atoms in total. The van der Waals surface area contributed by atoms with E-state index in [-0.39, 0.29) is 18.1 Å². The monoisotopic (exact) mass is 361 g/mol. The highest BCUT2D eigenvalue weighted by Crippen LogP contribution is 2.22. The molecule has 0 bridgehead atoms. The van der Waals surface area contributed by atoms with Crippen LogP contribution in [-0.4, -0.2) is 30.0 Å². The Hall–Kier alpha value is -1.72. The van der Waals surface area contributed by atoms with Gasteiger partial charge in [0.05, 0.1) is 0 Å². The summed E-state index contributed by atoms with van der Waals surface area (Å²) >= 11 is 0. The van der Waals surface area contributed by atoms with Crippen molar-refractivity contribution >= 4 is 6.08 Å². The van der Waals surface area contributed by atoms with Gasteiger partial charge in [-0.15, -0.1) is 0 Å². The molecule has 0 spiro atoms. The van der Waals surface area contributed by atoms with Crippen molar-refractivity contribution in [3.63, 3.8) is 0 Å². The van der Waals surface area contributed by atoms with Crippen molar-refractivity contribution in [3.8, 4) is 0 Å². The Balaban J connectivity index is 1.85. The van der Waals surface area contributed by atoms with Gasteiger partial charge in [-0.1, -0.05) is 69.4 Å². The fourth-order valence-corrected chi connectivity index (χ4v) is 3.03. The van der Waals surface area contributed by atoms with E-state index in [4.69, 9.17) is 9.47 Å². The van der Waals surface area contributed by atoms with Crippen molar-refractivity contribution in [1.29, 1.82) is 0 Å². The Labute approximate surface area is 156 Å². The first-order valence-electron chi connectivity index (χ1n) is 9.71. The Morgan fingerprint density at radius 1 is 1.12 bits per heavy atom. The van der Waals surface area contributed by atoms with Crippen LogP contribution < -0.4 is 0 Å². The average molecular weight is 361 g/mol.